The summed E-state index contributed by atoms with van der Waals surface area (Å²) in [5, 5.41) is 0. The molecule has 4 heteroatoms. The number of nitrogens with one attached hydrogen (secondary N) is 1. The maximum absolute atomic E-state index is 5.69. The van der Waals surface area contributed by atoms with Crippen LogP contribution in [0.25, 0.3) is 0 Å². The number of aromatic nitrogens is 2. The van der Waals surface area contributed by atoms with E-state index in [0.29, 0.717) is 18.4 Å². The fraction of sp³-hybridized carbons (Fsp3) is 0.700. The number of alkyl halides is 1. The van der Waals surface area contributed by atoms with E-state index in [2.05, 4.69) is 23.8 Å². The summed E-state index contributed by atoms with van der Waals surface area (Å²) in [7, 11) is 0. The number of hydrogen-bond acceptors (Lipinski definition) is 2. The molecule has 14 heavy (non-hydrogen) atoms. The number of hydrogen-bond donors (Lipinski definition) is 1. The van der Waals surface area contributed by atoms with Gasteiger partial charge in [-0.25, -0.2) is 4.98 Å². The van der Waals surface area contributed by atoms with Crippen LogP contribution in [0.4, 0.5) is 0 Å². The SMILES string of the molecule is CCOC(c1ncc(CCl)[nH]1)C(C)C. The molecule has 0 saturated carbocycles. The lowest BCUT2D eigenvalue weighted by atomic mass is 10.1. The zero-order valence-corrected chi connectivity index (χ0v) is 9.64. The topological polar surface area (TPSA) is 37.9 Å². The number of nitrogens with zero attached hydrogens (tertiary/aromatic N) is 1. The molecule has 1 rings (SSSR count). The van der Waals surface area contributed by atoms with Crippen molar-refractivity contribution in [2.75, 3.05) is 6.61 Å². The zero-order chi connectivity index (χ0) is 10.6. The summed E-state index contributed by atoms with van der Waals surface area (Å²) in [6.45, 7) is 6.91. The quantitative estimate of drug-likeness (QED) is 0.769. The van der Waals surface area contributed by atoms with E-state index in [0.717, 1.165) is 11.5 Å². The Kier molecular flexibility index (Phi) is 4.42. The molecule has 1 aromatic heterocycles. The summed E-state index contributed by atoms with van der Waals surface area (Å²) >= 11 is 5.69. The normalized spacial score (nSPS) is 13.5. The molecule has 80 valence electrons. The summed E-state index contributed by atoms with van der Waals surface area (Å²) in [4.78, 5) is 7.42. The van der Waals surface area contributed by atoms with Crippen LogP contribution in [0.1, 0.15) is 38.4 Å². The molecule has 1 unspecified atom stereocenters. The van der Waals surface area contributed by atoms with Crippen LogP contribution in [-0.2, 0) is 10.6 Å². The predicted molar refractivity (Wildman–Crippen MR) is 57.3 cm³/mol. The fourth-order valence-electron chi connectivity index (χ4n) is 1.36. The first kappa shape index (κ1) is 11.5. The molecule has 0 aliphatic heterocycles. The Bertz CT molecular complexity index is 273. The van der Waals surface area contributed by atoms with Crippen LogP contribution in [0.3, 0.4) is 0 Å². The highest BCUT2D eigenvalue weighted by atomic mass is 35.5. The molecule has 0 radical (unpaired) electrons. The first-order chi connectivity index (χ1) is 6.69. The minimum absolute atomic E-state index is 0.0389. The smallest absolute Gasteiger partial charge is 0.135 e. The highest BCUT2D eigenvalue weighted by Gasteiger charge is 2.18. The van der Waals surface area contributed by atoms with Gasteiger partial charge in [0.2, 0.25) is 0 Å². The number of halogens is 1. The monoisotopic (exact) mass is 216 g/mol. The maximum atomic E-state index is 5.69. The van der Waals surface area contributed by atoms with Gasteiger partial charge < -0.3 is 9.72 Å². The van der Waals surface area contributed by atoms with Crippen molar-refractivity contribution in [2.45, 2.75) is 32.8 Å². The van der Waals surface area contributed by atoms with Crippen molar-refractivity contribution >= 4 is 11.6 Å². The van der Waals surface area contributed by atoms with E-state index in [4.69, 9.17) is 16.3 Å². The number of rotatable bonds is 5. The Balaban J connectivity index is 2.76. The van der Waals surface area contributed by atoms with Crippen LogP contribution in [0, 0.1) is 5.92 Å². The molecular formula is C10H17ClN2O. The Morgan fingerprint density at radius 3 is 2.71 bits per heavy atom. The van der Waals surface area contributed by atoms with E-state index < -0.39 is 0 Å². The van der Waals surface area contributed by atoms with Gasteiger partial charge in [-0.3, -0.25) is 0 Å². The second kappa shape index (κ2) is 5.37. The van der Waals surface area contributed by atoms with Gasteiger partial charge in [-0.15, -0.1) is 11.6 Å². The number of aromatic amines is 1. The van der Waals surface area contributed by atoms with E-state index in [9.17, 15) is 0 Å². The summed E-state index contributed by atoms with van der Waals surface area (Å²) in [5.74, 6) is 1.74. The van der Waals surface area contributed by atoms with Gasteiger partial charge in [0.1, 0.15) is 11.9 Å². The Hall–Kier alpha value is -0.540. The second-order valence-electron chi connectivity index (χ2n) is 3.55. The van der Waals surface area contributed by atoms with E-state index in [1.807, 2.05) is 6.92 Å². The van der Waals surface area contributed by atoms with E-state index in [1.165, 1.54) is 0 Å². The lowest BCUT2D eigenvalue weighted by molar-refractivity contribution is 0.0237. The third-order valence-electron chi connectivity index (χ3n) is 2.01. The van der Waals surface area contributed by atoms with Crippen molar-refractivity contribution in [1.29, 1.82) is 0 Å². The third kappa shape index (κ3) is 2.72. The molecule has 1 heterocycles. The van der Waals surface area contributed by atoms with Gasteiger partial charge in [0.25, 0.3) is 0 Å². The molecule has 1 aromatic rings. The van der Waals surface area contributed by atoms with Gasteiger partial charge in [0, 0.05) is 18.5 Å². The molecule has 0 saturated heterocycles. The molecule has 0 aliphatic rings. The van der Waals surface area contributed by atoms with Gasteiger partial charge >= 0.3 is 0 Å². The van der Waals surface area contributed by atoms with Crippen LogP contribution in [0.5, 0.6) is 0 Å². The molecule has 1 N–H and O–H groups in total. The van der Waals surface area contributed by atoms with Gasteiger partial charge in [-0.05, 0) is 12.8 Å². The van der Waals surface area contributed by atoms with Crippen LogP contribution >= 0.6 is 11.6 Å². The highest BCUT2D eigenvalue weighted by molar-refractivity contribution is 6.16. The van der Waals surface area contributed by atoms with Crippen molar-refractivity contribution in [3.05, 3.63) is 17.7 Å². The van der Waals surface area contributed by atoms with Crippen molar-refractivity contribution in [3.63, 3.8) is 0 Å². The van der Waals surface area contributed by atoms with Crippen molar-refractivity contribution < 1.29 is 4.74 Å². The molecule has 0 bridgehead atoms. The largest absolute Gasteiger partial charge is 0.370 e. The molecular weight excluding hydrogens is 200 g/mol. The van der Waals surface area contributed by atoms with E-state index >= 15 is 0 Å². The standard InChI is InChI=1S/C10H17ClN2O/c1-4-14-9(7(2)3)10-12-6-8(5-11)13-10/h6-7,9H,4-5H2,1-3H3,(H,12,13). The number of imidazole rings is 1. The van der Waals surface area contributed by atoms with Gasteiger partial charge in [-0.2, -0.15) is 0 Å². The molecule has 3 nitrogen and oxygen atoms in total. The van der Waals surface area contributed by atoms with E-state index in [1.54, 1.807) is 6.20 Å². The first-order valence-corrected chi connectivity index (χ1v) is 5.43. The second-order valence-corrected chi connectivity index (χ2v) is 3.81. The van der Waals surface area contributed by atoms with Crippen molar-refractivity contribution in [3.8, 4) is 0 Å². The maximum Gasteiger partial charge on any atom is 0.135 e. The van der Waals surface area contributed by atoms with Crippen LogP contribution in [0.2, 0.25) is 0 Å². The summed E-state index contributed by atoms with van der Waals surface area (Å²) in [6.07, 6.45) is 1.80. The van der Waals surface area contributed by atoms with Gasteiger partial charge in [-0.1, -0.05) is 13.8 Å². The Morgan fingerprint density at radius 2 is 2.29 bits per heavy atom. The minimum Gasteiger partial charge on any atom is -0.370 e. The average Bonchev–Trinajstić information content (AvgIpc) is 2.61. The Morgan fingerprint density at radius 1 is 1.57 bits per heavy atom. The molecule has 0 aromatic carbocycles. The average molecular weight is 217 g/mol. The fourth-order valence-corrected chi connectivity index (χ4v) is 1.49. The third-order valence-corrected chi connectivity index (χ3v) is 2.30. The summed E-state index contributed by atoms with van der Waals surface area (Å²) in [6, 6.07) is 0. The molecule has 0 amide bonds. The van der Waals surface area contributed by atoms with Crippen molar-refractivity contribution in [2.24, 2.45) is 5.92 Å². The molecule has 0 fully saturated rings. The highest BCUT2D eigenvalue weighted by Crippen LogP contribution is 2.23. The first-order valence-electron chi connectivity index (χ1n) is 4.90. The molecule has 0 spiro atoms. The van der Waals surface area contributed by atoms with Crippen LogP contribution in [-0.4, -0.2) is 16.6 Å². The lowest BCUT2D eigenvalue weighted by Crippen LogP contribution is -2.12. The lowest BCUT2D eigenvalue weighted by Gasteiger charge is -2.18. The molecule has 1 atom stereocenters. The van der Waals surface area contributed by atoms with Crippen LogP contribution < -0.4 is 0 Å². The predicted octanol–water partition coefficient (Wildman–Crippen LogP) is 2.88. The van der Waals surface area contributed by atoms with Crippen molar-refractivity contribution in [1.82, 2.24) is 9.97 Å². The molecule has 0 aliphatic carbocycles. The van der Waals surface area contributed by atoms with Gasteiger partial charge in [0.05, 0.1) is 5.88 Å². The van der Waals surface area contributed by atoms with Crippen LogP contribution in [0.15, 0.2) is 6.20 Å². The zero-order valence-electron chi connectivity index (χ0n) is 8.88. The van der Waals surface area contributed by atoms with E-state index in [-0.39, 0.29) is 6.10 Å². The number of H-pyrrole nitrogens is 1. The summed E-state index contributed by atoms with van der Waals surface area (Å²) in [5.41, 5.74) is 0.937. The van der Waals surface area contributed by atoms with Gasteiger partial charge in [0.15, 0.2) is 0 Å². The Labute approximate surface area is 89.8 Å². The summed E-state index contributed by atoms with van der Waals surface area (Å²) < 4.78 is 5.61. The number of ether oxygens (including phenoxy) is 1. The minimum atomic E-state index is 0.0389.